The maximum absolute atomic E-state index is 5.15. The third-order valence-electron chi connectivity index (χ3n) is 10.1. The first kappa shape index (κ1) is 27.6. The van der Waals surface area contributed by atoms with Crippen LogP contribution < -0.4 is 0 Å². The highest BCUT2D eigenvalue weighted by Crippen LogP contribution is 2.48. The lowest BCUT2D eigenvalue weighted by atomic mass is 9.83. The van der Waals surface area contributed by atoms with E-state index in [4.69, 9.17) is 4.98 Å². The molecule has 0 aliphatic rings. The van der Waals surface area contributed by atoms with Crippen LogP contribution in [0.3, 0.4) is 0 Å². The van der Waals surface area contributed by atoms with Crippen LogP contribution in [0, 0.1) is 0 Å². The molecule has 0 bridgehead atoms. The van der Waals surface area contributed by atoms with Gasteiger partial charge in [0, 0.05) is 39.2 Å². The average molecular weight is 623 g/mol. The number of hydrogen-bond donors (Lipinski definition) is 1. The third kappa shape index (κ3) is 4.24. The van der Waals surface area contributed by atoms with Crippen molar-refractivity contribution < 1.29 is 0 Å². The number of nitrogens with zero attached hydrogens (tertiary/aromatic N) is 1. The Kier molecular flexibility index (Phi) is 6.22. The second-order valence-electron chi connectivity index (χ2n) is 12.7. The van der Waals surface area contributed by atoms with Gasteiger partial charge in [-0.3, -0.25) is 4.98 Å². The number of rotatable bonds is 4. The molecule has 228 valence electrons. The number of hydrogen-bond acceptors (Lipinski definition) is 1. The zero-order chi connectivity index (χ0) is 32.3. The van der Waals surface area contributed by atoms with Crippen LogP contribution in [0.1, 0.15) is 0 Å². The van der Waals surface area contributed by atoms with E-state index in [0.29, 0.717) is 0 Å². The number of para-hydroxylation sites is 2. The van der Waals surface area contributed by atoms with Gasteiger partial charge in [-0.2, -0.15) is 0 Å². The molecule has 0 unspecified atom stereocenters. The fourth-order valence-electron chi connectivity index (χ4n) is 7.98. The number of pyridine rings is 1. The van der Waals surface area contributed by atoms with Gasteiger partial charge in [0.15, 0.2) is 0 Å². The van der Waals surface area contributed by atoms with E-state index >= 15 is 0 Å². The standard InChI is InChI=1S/C47H30N2/c1-2-14-30(15-3-1)31-27-28-38-34-18-5-4-16-32(34)33-17-6-7-20-36(33)45(38)44(31)37-21-8-9-22-40(37)46-41(25-13-29-48-46)42-24-12-23-39-35-19-10-11-26-43(35)49-47(39)42/h1-29,49H. The van der Waals surface area contributed by atoms with Gasteiger partial charge in [0.1, 0.15) is 0 Å². The second-order valence-corrected chi connectivity index (χ2v) is 12.7. The quantitative estimate of drug-likeness (QED) is 0.194. The molecule has 49 heavy (non-hydrogen) atoms. The number of nitrogens with one attached hydrogen (secondary N) is 1. The first-order valence-electron chi connectivity index (χ1n) is 16.8. The molecule has 8 aromatic carbocycles. The van der Waals surface area contributed by atoms with Crippen LogP contribution in [0.25, 0.3) is 98.8 Å². The molecule has 0 aliphatic heterocycles. The SMILES string of the molecule is c1ccc(-c2ccc3c4ccccc4c4ccccc4c3c2-c2ccccc2-c2ncccc2-c2cccc3c2[nH]c2ccccc23)cc1. The molecule has 2 aromatic heterocycles. The Hall–Kier alpha value is -6.51. The summed E-state index contributed by atoms with van der Waals surface area (Å²) in [6.07, 6.45) is 1.92. The van der Waals surface area contributed by atoms with Crippen molar-refractivity contribution in [3.63, 3.8) is 0 Å². The van der Waals surface area contributed by atoms with Gasteiger partial charge < -0.3 is 4.98 Å². The van der Waals surface area contributed by atoms with E-state index in [1.807, 2.05) is 6.20 Å². The summed E-state index contributed by atoms with van der Waals surface area (Å²) in [4.78, 5) is 8.89. The zero-order valence-corrected chi connectivity index (χ0v) is 26.7. The van der Waals surface area contributed by atoms with Crippen LogP contribution in [0.2, 0.25) is 0 Å². The summed E-state index contributed by atoms with van der Waals surface area (Å²) in [6, 6.07) is 61.3. The smallest absolute Gasteiger partial charge is 0.0787 e. The Labute approximate surface area is 283 Å². The van der Waals surface area contributed by atoms with Gasteiger partial charge in [0.2, 0.25) is 0 Å². The van der Waals surface area contributed by atoms with E-state index in [0.717, 1.165) is 39.0 Å². The molecular formula is C47H30N2. The monoisotopic (exact) mass is 622 g/mol. The molecular weight excluding hydrogens is 593 g/mol. The molecule has 0 fully saturated rings. The van der Waals surface area contributed by atoms with Crippen molar-refractivity contribution in [3.05, 3.63) is 176 Å². The Morgan fingerprint density at radius 3 is 1.71 bits per heavy atom. The highest BCUT2D eigenvalue weighted by Gasteiger charge is 2.22. The van der Waals surface area contributed by atoms with Gasteiger partial charge >= 0.3 is 0 Å². The van der Waals surface area contributed by atoms with Crippen molar-refractivity contribution in [1.29, 1.82) is 0 Å². The molecule has 0 radical (unpaired) electrons. The van der Waals surface area contributed by atoms with Gasteiger partial charge in [-0.05, 0) is 66.7 Å². The van der Waals surface area contributed by atoms with E-state index in [-0.39, 0.29) is 0 Å². The first-order chi connectivity index (χ1) is 24.3. The van der Waals surface area contributed by atoms with Gasteiger partial charge in [-0.25, -0.2) is 0 Å². The van der Waals surface area contributed by atoms with Crippen molar-refractivity contribution in [2.24, 2.45) is 0 Å². The van der Waals surface area contributed by atoms with Crippen molar-refractivity contribution in [3.8, 4) is 44.6 Å². The van der Waals surface area contributed by atoms with Crippen LogP contribution in [0.15, 0.2) is 176 Å². The molecule has 0 aliphatic carbocycles. The van der Waals surface area contributed by atoms with E-state index in [2.05, 4.69) is 175 Å². The molecule has 1 N–H and O–H groups in total. The summed E-state index contributed by atoms with van der Waals surface area (Å²) >= 11 is 0. The molecule has 0 spiro atoms. The van der Waals surface area contributed by atoms with Crippen molar-refractivity contribution >= 4 is 54.1 Å². The van der Waals surface area contributed by atoms with Gasteiger partial charge in [0.25, 0.3) is 0 Å². The maximum atomic E-state index is 5.15. The molecule has 10 rings (SSSR count). The fraction of sp³-hybridized carbons (Fsp3) is 0. The topological polar surface area (TPSA) is 28.7 Å². The summed E-state index contributed by atoms with van der Waals surface area (Å²) in [5.74, 6) is 0. The molecule has 0 saturated heterocycles. The predicted molar refractivity (Wildman–Crippen MR) is 208 cm³/mol. The number of aromatic amines is 1. The Morgan fingerprint density at radius 2 is 0.918 bits per heavy atom. The summed E-state index contributed by atoms with van der Waals surface area (Å²) in [7, 11) is 0. The molecule has 2 heterocycles. The minimum absolute atomic E-state index is 0.963. The molecule has 0 atom stereocenters. The highest BCUT2D eigenvalue weighted by atomic mass is 14.7. The van der Waals surface area contributed by atoms with Gasteiger partial charge in [-0.15, -0.1) is 0 Å². The van der Waals surface area contributed by atoms with E-state index < -0.39 is 0 Å². The minimum atomic E-state index is 0.963. The molecule has 0 amide bonds. The van der Waals surface area contributed by atoms with Crippen LogP contribution >= 0.6 is 0 Å². The van der Waals surface area contributed by atoms with Crippen molar-refractivity contribution in [1.82, 2.24) is 9.97 Å². The largest absolute Gasteiger partial charge is 0.354 e. The molecule has 2 heteroatoms. The average Bonchev–Trinajstić information content (AvgIpc) is 3.57. The Morgan fingerprint density at radius 1 is 0.347 bits per heavy atom. The lowest BCUT2D eigenvalue weighted by Gasteiger charge is -2.21. The molecule has 2 nitrogen and oxygen atoms in total. The van der Waals surface area contributed by atoms with Crippen LogP contribution in [-0.2, 0) is 0 Å². The maximum Gasteiger partial charge on any atom is 0.0787 e. The van der Waals surface area contributed by atoms with Crippen LogP contribution in [0.4, 0.5) is 0 Å². The van der Waals surface area contributed by atoms with Crippen molar-refractivity contribution in [2.45, 2.75) is 0 Å². The number of fused-ring (bicyclic) bond motifs is 9. The summed E-state index contributed by atoms with van der Waals surface area (Å²) in [6.45, 7) is 0. The second kappa shape index (κ2) is 11.0. The number of H-pyrrole nitrogens is 1. The lowest BCUT2D eigenvalue weighted by molar-refractivity contribution is 1.33. The first-order valence-corrected chi connectivity index (χ1v) is 16.8. The van der Waals surface area contributed by atoms with Gasteiger partial charge in [0.05, 0.1) is 11.2 Å². The summed E-state index contributed by atoms with van der Waals surface area (Å²) in [5.41, 5.74) is 11.4. The van der Waals surface area contributed by atoms with E-state index in [1.54, 1.807) is 0 Å². The van der Waals surface area contributed by atoms with Crippen LogP contribution in [-0.4, -0.2) is 9.97 Å². The summed E-state index contributed by atoms with van der Waals surface area (Å²) < 4.78 is 0. The summed E-state index contributed by atoms with van der Waals surface area (Å²) in [5, 5.41) is 10.0. The number of benzene rings is 8. The normalized spacial score (nSPS) is 11.7. The molecule has 10 aromatic rings. The van der Waals surface area contributed by atoms with E-state index in [1.165, 1.54) is 59.8 Å². The highest BCUT2D eigenvalue weighted by molar-refractivity contribution is 6.30. The van der Waals surface area contributed by atoms with E-state index in [9.17, 15) is 0 Å². The van der Waals surface area contributed by atoms with Gasteiger partial charge in [-0.1, -0.05) is 158 Å². The Balaban J connectivity index is 1.33. The third-order valence-corrected chi connectivity index (χ3v) is 10.1. The lowest BCUT2D eigenvalue weighted by Crippen LogP contribution is -1.96. The van der Waals surface area contributed by atoms with Crippen molar-refractivity contribution in [2.75, 3.05) is 0 Å². The molecule has 0 saturated carbocycles. The van der Waals surface area contributed by atoms with Crippen LogP contribution in [0.5, 0.6) is 0 Å². The minimum Gasteiger partial charge on any atom is -0.354 e. The Bertz CT molecular complexity index is 2840. The number of aromatic nitrogens is 2. The fourth-order valence-corrected chi connectivity index (χ4v) is 7.98. The predicted octanol–water partition coefficient (Wildman–Crippen LogP) is 12.8. The zero-order valence-electron chi connectivity index (χ0n) is 26.7.